The molecule has 0 unspecified atom stereocenters. The molecule has 0 spiro atoms. The molecular weight excluding hydrogens is 210 g/mol. The summed E-state index contributed by atoms with van der Waals surface area (Å²) in [5, 5.41) is 1.24. The van der Waals surface area contributed by atoms with E-state index < -0.39 is 0 Å². The molecule has 1 aromatic heterocycles. The third-order valence-electron chi connectivity index (χ3n) is 3.99. The minimum absolute atomic E-state index is 0.213. The quantitative estimate of drug-likeness (QED) is 0.702. The average molecular weight is 229 g/mol. The van der Waals surface area contributed by atoms with Crippen molar-refractivity contribution in [1.82, 2.24) is 4.98 Å². The lowest BCUT2D eigenvalue weighted by atomic mass is 9.78. The molecule has 0 atom stereocenters. The molecule has 2 aromatic rings. The zero-order valence-electron chi connectivity index (χ0n) is 9.95. The molecule has 5 N–H and O–H groups in total. The second-order valence-electron chi connectivity index (χ2n) is 5.26. The number of hydrogen-bond donors (Lipinski definition) is 3. The molecule has 1 aromatic carbocycles. The van der Waals surface area contributed by atoms with Gasteiger partial charge in [-0.1, -0.05) is 18.2 Å². The Morgan fingerprint density at radius 2 is 1.88 bits per heavy atom. The minimum atomic E-state index is -0.213. The van der Waals surface area contributed by atoms with E-state index in [0.717, 1.165) is 31.4 Å². The van der Waals surface area contributed by atoms with Gasteiger partial charge < -0.3 is 16.5 Å². The van der Waals surface area contributed by atoms with Crippen molar-refractivity contribution in [2.75, 3.05) is 0 Å². The standard InChI is InChI=1S/C14H19N3/c15-11-5-7-14(16,8-6-11)13-9-10-3-1-2-4-12(10)17-13/h1-4,9,11,17H,5-8,15-16H2. The Morgan fingerprint density at radius 3 is 2.59 bits per heavy atom. The smallest absolute Gasteiger partial charge is 0.0563 e. The number of aromatic nitrogens is 1. The van der Waals surface area contributed by atoms with E-state index in [-0.39, 0.29) is 5.54 Å². The first kappa shape index (κ1) is 10.8. The molecule has 3 rings (SSSR count). The molecule has 1 saturated carbocycles. The highest BCUT2D eigenvalue weighted by atomic mass is 14.9. The number of benzene rings is 1. The van der Waals surface area contributed by atoms with Crippen molar-refractivity contribution in [3.8, 4) is 0 Å². The van der Waals surface area contributed by atoms with Crippen LogP contribution in [0.3, 0.4) is 0 Å². The number of aromatic amines is 1. The maximum atomic E-state index is 6.52. The normalized spacial score (nSPS) is 29.6. The van der Waals surface area contributed by atoms with Crippen LogP contribution in [0.1, 0.15) is 31.4 Å². The van der Waals surface area contributed by atoms with Crippen molar-refractivity contribution in [2.24, 2.45) is 11.5 Å². The van der Waals surface area contributed by atoms with Crippen LogP contribution >= 0.6 is 0 Å². The van der Waals surface area contributed by atoms with E-state index >= 15 is 0 Å². The third-order valence-corrected chi connectivity index (χ3v) is 3.99. The van der Waals surface area contributed by atoms with Crippen molar-refractivity contribution in [3.63, 3.8) is 0 Å². The van der Waals surface area contributed by atoms with E-state index in [0.29, 0.717) is 6.04 Å². The van der Waals surface area contributed by atoms with Crippen molar-refractivity contribution in [2.45, 2.75) is 37.3 Å². The Morgan fingerprint density at radius 1 is 1.18 bits per heavy atom. The first-order valence-electron chi connectivity index (χ1n) is 6.30. The Balaban J connectivity index is 1.97. The fraction of sp³-hybridized carbons (Fsp3) is 0.429. The predicted octanol–water partition coefficient (Wildman–Crippen LogP) is 2.22. The van der Waals surface area contributed by atoms with Crippen LogP contribution in [-0.4, -0.2) is 11.0 Å². The van der Waals surface area contributed by atoms with Gasteiger partial charge in [-0.2, -0.15) is 0 Å². The van der Waals surface area contributed by atoms with E-state index in [4.69, 9.17) is 11.5 Å². The van der Waals surface area contributed by atoms with Gasteiger partial charge in [-0.3, -0.25) is 0 Å². The van der Waals surface area contributed by atoms with Gasteiger partial charge in [-0.05, 0) is 43.2 Å². The molecule has 0 radical (unpaired) electrons. The third kappa shape index (κ3) is 1.85. The summed E-state index contributed by atoms with van der Waals surface area (Å²) in [4.78, 5) is 3.45. The van der Waals surface area contributed by atoms with Gasteiger partial charge in [0.2, 0.25) is 0 Å². The first-order valence-corrected chi connectivity index (χ1v) is 6.30. The van der Waals surface area contributed by atoms with Crippen LogP contribution in [-0.2, 0) is 5.54 Å². The van der Waals surface area contributed by atoms with E-state index in [2.05, 4.69) is 29.2 Å². The summed E-state index contributed by atoms with van der Waals surface area (Å²) in [7, 11) is 0. The number of para-hydroxylation sites is 1. The molecule has 0 bridgehead atoms. The second kappa shape index (κ2) is 3.86. The van der Waals surface area contributed by atoms with Crippen LogP contribution in [0.15, 0.2) is 30.3 Å². The number of fused-ring (bicyclic) bond motifs is 1. The summed E-state index contributed by atoms with van der Waals surface area (Å²) in [6, 6.07) is 10.8. The number of rotatable bonds is 1. The van der Waals surface area contributed by atoms with Crippen LogP contribution in [0.25, 0.3) is 10.9 Å². The fourth-order valence-electron chi connectivity index (χ4n) is 2.77. The van der Waals surface area contributed by atoms with E-state index in [1.165, 1.54) is 10.9 Å². The molecule has 0 saturated heterocycles. The van der Waals surface area contributed by atoms with Gasteiger partial charge in [-0.15, -0.1) is 0 Å². The molecular formula is C14H19N3. The van der Waals surface area contributed by atoms with E-state index in [9.17, 15) is 0 Å². The van der Waals surface area contributed by atoms with Gasteiger partial charge in [0.15, 0.2) is 0 Å². The molecule has 1 fully saturated rings. The predicted molar refractivity (Wildman–Crippen MR) is 70.6 cm³/mol. The molecule has 1 heterocycles. The summed E-state index contributed by atoms with van der Waals surface area (Å²) in [6.45, 7) is 0. The van der Waals surface area contributed by atoms with Gasteiger partial charge >= 0.3 is 0 Å². The number of hydrogen-bond acceptors (Lipinski definition) is 2. The summed E-state index contributed by atoms with van der Waals surface area (Å²) in [5.74, 6) is 0. The van der Waals surface area contributed by atoms with Crippen LogP contribution in [0.5, 0.6) is 0 Å². The molecule has 3 nitrogen and oxygen atoms in total. The summed E-state index contributed by atoms with van der Waals surface area (Å²) < 4.78 is 0. The van der Waals surface area contributed by atoms with Crippen molar-refractivity contribution < 1.29 is 0 Å². The second-order valence-corrected chi connectivity index (χ2v) is 5.26. The number of nitrogens with one attached hydrogen (secondary N) is 1. The molecule has 17 heavy (non-hydrogen) atoms. The highest BCUT2D eigenvalue weighted by molar-refractivity contribution is 5.80. The highest BCUT2D eigenvalue weighted by Gasteiger charge is 2.33. The van der Waals surface area contributed by atoms with Crippen LogP contribution < -0.4 is 11.5 Å². The average Bonchev–Trinajstić information content (AvgIpc) is 2.77. The topological polar surface area (TPSA) is 67.8 Å². The number of H-pyrrole nitrogens is 1. The highest BCUT2D eigenvalue weighted by Crippen LogP contribution is 2.35. The maximum Gasteiger partial charge on any atom is 0.0563 e. The Hall–Kier alpha value is -1.32. The van der Waals surface area contributed by atoms with E-state index in [1.54, 1.807) is 0 Å². The van der Waals surface area contributed by atoms with Gasteiger partial charge in [0, 0.05) is 17.3 Å². The summed E-state index contributed by atoms with van der Waals surface area (Å²) in [6.07, 6.45) is 3.99. The van der Waals surface area contributed by atoms with Gasteiger partial charge in [0.1, 0.15) is 0 Å². The molecule has 3 heteroatoms. The van der Waals surface area contributed by atoms with Crippen molar-refractivity contribution in [1.29, 1.82) is 0 Å². The maximum absolute atomic E-state index is 6.52. The minimum Gasteiger partial charge on any atom is -0.357 e. The van der Waals surface area contributed by atoms with Crippen molar-refractivity contribution >= 4 is 10.9 Å². The zero-order valence-corrected chi connectivity index (χ0v) is 9.95. The van der Waals surface area contributed by atoms with Gasteiger partial charge in [0.05, 0.1) is 5.54 Å². The largest absolute Gasteiger partial charge is 0.357 e. The fourth-order valence-corrected chi connectivity index (χ4v) is 2.77. The SMILES string of the molecule is NC1CCC(N)(c2cc3ccccc3[nH]2)CC1. The molecule has 1 aliphatic carbocycles. The molecule has 90 valence electrons. The zero-order chi connectivity index (χ0) is 11.9. The number of nitrogens with two attached hydrogens (primary N) is 2. The lowest BCUT2D eigenvalue weighted by Crippen LogP contribution is -2.43. The van der Waals surface area contributed by atoms with Crippen molar-refractivity contribution in [3.05, 3.63) is 36.0 Å². The van der Waals surface area contributed by atoms with Gasteiger partial charge in [0.25, 0.3) is 0 Å². The van der Waals surface area contributed by atoms with Crippen LogP contribution in [0.4, 0.5) is 0 Å². The lowest BCUT2D eigenvalue weighted by molar-refractivity contribution is 0.273. The summed E-state index contributed by atoms with van der Waals surface area (Å²) >= 11 is 0. The molecule has 0 aliphatic heterocycles. The van der Waals surface area contributed by atoms with Crippen LogP contribution in [0.2, 0.25) is 0 Å². The molecule has 1 aliphatic rings. The first-order chi connectivity index (χ1) is 8.17. The Kier molecular flexibility index (Phi) is 2.45. The monoisotopic (exact) mass is 229 g/mol. The Bertz CT molecular complexity index is 488. The molecule has 0 amide bonds. The van der Waals surface area contributed by atoms with Crippen LogP contribution in [0, 0.1) is 0 Å². The lowest BCUT2D eigenvalue weighted by Gasteiger charge is -2.35. The summed E-state index contributed by atoms with van der Waals surface area (Å²) in [5.41, 5.74) is 14.6. The van der Waals surface area contributed by atoms with E-state index in [1.807, 2.05) is 6.07 Å². The Labute approximate surface area is 101 Å². The van der Waals surface area contributed by atoms with Gasteiger partial charge in [-0.25, -0.2) is 0 Å².